The van der Waals surface area contributed by atoms with Crippen LogP contribution in [0.25, 0.3) is 0 Å². The fourth-order valence-electron chi connectivity index (χ4n) is 2.37. The summed E-state index contributed by atoms with van der Waals surface area (Å²) >= 11 is 0. The zero-order chi connectivity index (χ0) is 15.1. The minimum atomic E-state index is 0.874. The Morgan fingerprint density at radius 3 is 2.57 bits per heavy atom. The van der Waals surface area contributed by atoms with Crippen LogP contribution in [0.5, 0.6) is 0 Å². The predicted molar refractivity (Wildman–Crippen MR) is 89.5 cm³/mol. The van der Waals surface area contributed by atoms with E-state index in [-0.39, 0.29) is 0 Å². The molecule has 1 N–H and O–H groups in total. The molecule has 112 valence electrons. The molecule has 0 fully saturated rings. The van der Waals surface area contributed by atoms with E-state index in [0.29, 0.717) is 0 Å². The molecule has 1 aromatic carbocycles. The first-order valence-corrected chi connectivity index (χ1v) is 7.62. The van der Waals surface area contributed by atoms with Crippen LogP contribution in [-0.2, 0) is 13.1 Å². The van der Waals surface area contributed by atoms with Gasteiger partial charge in [-0.15, -0.1) is 0 Å². The summed E-state index contributed by atoms with van der Waals surface area (Å²) in [7, 11) is 2.10. The summed E-state index contributed by atoms with van der Waals surface area (Å²) in [6, 6.07) is 14.8. The Morgan fingerprint density at radius 1 is 1.10 bits per heavy atom. The molecule has 0 atom stereocenters. The van der Waals surface area contributed by atoms with Crippen LogP contribution in [0.15, 0.2) is 42.5 Å². The molecule has 3 heteroatoms. The Morgan fingerprint density at radius 2 is 1.86 bits per heavy atom. The van der Waals surface area contributed by atoms with Gasteiger partial charge in [0.25, 0.3) is 0 Å². The van der Waals surface area contributed by atoms with Crippen molar-refractivity contribution < 1.29 is 0 Å². The van der Waals surface area contributed by atoms with Crippen molar-refractivity contribution >= 4 is 5.82 Å². The summed E-state index contributed by atoms with van der Waals surface area (Å²) in [6.45, 7) is 7.08. The van der Waals surface area contributed by atoms with E-state index in [1.165, 1.54) is 11.1 Å². The van der Waals surface area contributed by atoms with Crippen LogP contribution in [0, 0.1) is 6.92 Å². The molecule has 0 saturated carbocycles. The van der Waals surface area contributed by atoms with Crippen molar-refractivity contribution in [1.82, 2.24) is 10.3 Å². The van der Waals surface area contributed by atoms with Gasteiger partial charge < -0.3 is 10.2 Å². The molecule has 1 heterocycles. The van der Waals surface area contributed by atoms with Gasteiger partial charge in [-0.25, -0.2) is 4.98 Å². The van der Waals surface area contributed by atoms with Crippen LogP contribution in [0.2, 0.25) is 0 Å². The number of hydrogen-bond donors (Lipinski definition) is 1. The van der Waals surface area contributed by atoms with E-state index in [9.17, 15) is 0 Å². The number of rotatable bonds is 7. The third-order valence-electron chi connectivity index (χ3n) is 3.41. The van der Waals surface area contributed by atoms with Crippen LogP contribution in [0.4, 0.5) is 5.82 Å². The Hall–Kier alpha value is -1.87. The maximum Gasteiger partial charge on any atom is 0.129 e. The van der Waals surface area contributed by atoms with E-state index in [0.717, 1.165) is 37.6 Å². The lowest BCUT2D eigenvalue weighted by Gasteiger charge is -2.20. The quantitative estimate of drug-likeness (QED) is 0.788. The van der Waals surface area contributed by atoms with Gasteiger partial charge in [0.15, 0.2) is 0 Å². The molecule has 0 spiro atoms. The van der Waals surface area contributed by atoms with E-state index in [1.807, 2.05) is 6.07 Å². The summed E-state index contributed by atoms with van der Waals surface area (Å²) in [5.41, 5.74) is 3.67. The van der Waals surface area contributed by atoms with E-state index in [1.54, 1.807) is 0 Å². The number of hydrogen-bond acceptors (Lipinski definition) is 3. The van der Waals surface area contributed by atoms with Crippen LogP contribution in [0.3, 0.4) is 0 Å². The van der Waals surface area contributed by atoms with Gasteiger partial charge in [-0.2, -0.15) is 0 Å². The molecule has 21 heavy (non-hydrogen) atoms. The Kier molecular flexibility index (Phi) is 5.76. The Bertz CT molecular complexity index is 552. The van der Waals surface area contributed by atoms with Gasteiger partial charge in [-0.05, 0) is 43.1 Å². The number of nitrogens with zero attached hydrogens (tertiary/aromatic N) is 2. The number of anilines is 1. The fraction of sp³-hybridized carbons (Fsp3) is 0.389. The highest BCUT2D eigenvalue weighted by molar-refractivity contribution is 5.42. The lowest BCUT2D eigenvalue weighted by molar-refractivity contribution is 0.674. The smallest absolute Gasteiger partial charge is 0.129 e. The number of aromatic nitrogens is 1. The third-order valence-corrected chi connectivity index (χ3v) is 3.41. The minimum Gasteiger partial charge on any atom is -0.355 e. The maximum absolute atomic E-state index is 4.66. The average Bonchev–Trinajstić information content (AvgIpc) is 2.48. The van der Waals surface area contributed by atoms with E-state index >= 15 is 0 Å². The standard InChI is InChI=1S/C18H25N3/c1-4-10-19-13-17-11-15(2)20-18(12-17)21(3)14-16-8-6-5-7-9-16/h5-9,11-12,19H,4,10,13-14H2,1-3H3. The second-order valence-electron chi connectivity index (χ2n) is 5.49. The average molecular weight is 283 g/mol. The molecular weight excluding hydrogens is 258 g/mol. The number of nitrogens with one attached hydrogen (secondary N) is 1. The molecule has 3 nitrogen and oxygen atoms in total. The predicted octanol–water partition coefficient (Wildman–Crippen LogP) is 3.53. The lowest BCUT2D eigenvalue weighted by Crippen LogP contribution is -2.19. The summed E-state index contributed by atoms with van der Waals surface area (Å²) < 4.78 is 0. The van der Waals surface area contributed by atoms with E-state index < -0.39 is 0 Å². The summed E-state index contributed by atoms with van der Waals surface area (Å²) in [6.07, 6.45) is 1.16. The van der Waals surface area contributed by atoms with Gasteiger partial charge >= 0.3 is 0 Å². The molecule has 1 aromatic heterocycles. The molecule has 2 rings (SSSR count). The van der Waals surface area contributed by atoms with Gasteiger partial charge in [0, 0.05) is 25.8 Å². The highest BCUT2D eigenvalue weighted by Crippen LogP contribution is 2.16. The van der Waals surface area contributed by atoms with E-state index in [2.05, 4.69) is 72.5 Å². The van der Waals surface area contributed by atoms with Gasteiger partial charge in [0.1, 0.15) is 5.82 Å². The van der Waals surface area contributed by atoms with Crippen LogP contribution in [0.1, 0.15) is 30.2 Å². The lowest BCUT2D eigenvalue weighted by atomic mass is 10.2. The summed E-state index contributed by atoms with van der Waals surface area (Å²) in [4.78, 5) is 6.86. The van der Waals surface area contributed by atoms with Crippen LogP contribution < -0.4 is 10.2 Å². The Balaban J connectivity index is 2.07. The minimum absolute atomic E-state index is 0.874. The molecule has 2 aromatic rings. The van der Waals surface area contributed by atoms with Crippen molar-refractivity contribution in [2.75, 3.05) is 18.5 Å². The fourth-order valence-corrected chi connectivity index (χ4v) is 2.37. The van der Waals surface area contributed by atoms with Gasteiger partial charge in [0.2, 0.25) is 0 Å². The van der Waals surface area contributed by atoms with Crippen molar-refractivity contribution in [3.8, 4) is 0 Å². The summed E-state index contributed by atoms with van der Waals surface area (Å²) in [5, 5.41) is 3.45. The SMILES string of the molecule is CCCNCc1cc(C)nc(N(C)Cc2ccccc2)c1. The highest BCUT2D eigenvalue weighted by Gasteiger charge is 2.06. The molecule has 0 bridgehead atoms. The van der Waals surface area contributed by atoms with Crippen molar-refractivity contribution in [3.05, 3.63) is 59.3 Å². The Labute approximate surface area is 128 Å². The second kappa shape index (κ2) is 7.79. The highest BCUT2D eigenvalue weighted by atomic mass is 15.2. The molecular formula is C18H25N3. The number of benzene rings is 1. The van der Waals surface area contributed by atoms with Crippen molar-refractivity contribution in [3.63, 3.8) is 0 Å². The molecule has 0 amide bonds. The van der Waals surface area contributed by atoms with Crippen molar-refractivity contribution in [2.45, 2.75) is 33.4 Å². The summed E-state index contributed by atoms with van der Waals surface area (Å²) in [5.74, 6) is 1.03. The molecule has 0 aliphatic heterocycles. The first kappa shape index (κ1) is 15.5. The number of pyridine rings is 1. The third kappa shape index (κ3) is 4.87. The van der Waals surface area contributed by atoms with E-state index in [4.69, 9.17) is 0 Å². The monoisotopic (exact) mass is 283 g/mol. The van der Waals surface area contributed by atoms with Crippen LogP contribution >= 0.6 is 0 Å². The normalized spacial score (nSPS) is 10.6. The van der Waals surface area contributed by atoms with Gasteiger partial charge in [0.05, 0.1) is 0 Å². The van der Waals surface area contributed by atoms with Gasteiger partial charge in [-0.3, -0.25) is 0 Å². The molecule has 0 unspecified atom stereocenters. The zero-order valence-corrected chi connectivity index (χ0v) is 13.3. The van der Waals surface area contributed by atoms with Crippen molar-refractivity contribution in [2.24, 2.45) is 0 Å². The molecule has 0 aliphatic rings. The maximum atomic E-state index is 4.66. The van der Waals surface area contributed by atoms with Crippen molar-refractivity contribution in [1.29, 1.82) is 0 Å². The second-order valence-corrected chi connectivity index (χ2v) is 5.49. The van der Waals surface area contributed by atoms with Gasteiger partial charge in [-0.1, -0.05) is 37.3 Å². The number of aryl methyl sites for hydroxylation is 1. The molecule has 0 saturated heterocycles. The first-order valence-electron chi connectivity index (χ1n) is 7.62. The molecule has 0 aliphatic carbocycles. The topological polar surface area (TPSA) is 28.2 Å². The van der Waals surface area contributed by atoms with Crippen LogP contribution in [-0.4, -0.2) is 18.6 Å². The molecule has 0 radical (unpaired) electrons. The first-order chi connectivity index (χ1) is 10.2. The largest absolute Gasteiger partial charge is 0.355 e. The zero-order valence-electron chi connectivity index (χ0n) is 13.3.